The van der Waals surface area contributed by atoms with Crippen molar-refractivity contribution < 1.29 is 14.2 Å². The Morgan fingerprint density at radius 3 is 2.81 bits per heavy atom. The molecule has 2 aromatic carbocycles. The van der Waals surface area contributed by atoms with Gasteiger partial charge in [-0.05, 0) is 12.1 Å². The van der Waals surface area contributed by atoms with Crippen molar-refractivity contribution >= 4 is 23.5 Å². The van der Waals surface area contributed by atoms with Gasteiger partial charge in [0.2, 0.25) is 0 Å². The molecule has 0 unspecified atom stereocenters. The van der Waals surface area contributed by atoms with E-state index < -0.39 is 10.7 Å². The van der Waals surface area contributed by atoms with E-state index in [0.29, 0.717) is 5.56 Å². The minimum atomic E-state index is -0.503. The highest BCUT2D eigenvalue weighted by atomic mass is 35.5. The molecule has 0 saturated heterocycles. The molecule has 0 amide bonds. The van der Waals surface area contributed by atoms with Crippen molar-refractivity contribution in [3.05, 3.63) is 74.5 Å². The van der Waals surface area contributed by atoms with Gasteiger partial charge in [-0.3, -0.25) is 10.1 Å². The van der Waals surface area contributed by atoms with E-state index in [1.807, 2.05) is 0 Å². The Labute approximate surface area is 124 Å². The summed E-state index contributed by atoms with van der Waals surface area (Å²) in [5, 5.41) is 14.5. The van der Waals surface area contributed by atoms with Crippen LogP contribution in [-0.4, -0.2) is 11.1 Å². The predicted molar refractivity (Wildman–Crippen MR) is 76.9 cm³/mol. The van der Waals surface area contributed by atoms with Crippen LogP contribution in [0.1, 0.15) is 11.1 Å². The lowest BCUT2D eigenvalue weighted by atomic mass is 10.2. The molecule has 0 radical (unpaired) electrons. The fraction of sp³-hybridized carbons (Fsp3) is 0.0714. The Balaban J connectivity index is 2.00. The van der Waals surface area contributed by atoms with Crippen LogP contribution >= 0.6 is 11.6 Å². The number of nitro benzene ring substituents is 1. The molecule has 0 N–H and O–H groups in total. The lowest BCUT2D eigenvalue weighted by molar-refractivity contribution is -0.384. The van der Waals surface area contributed by atoms with Crippen LogP contribution in [0.5, 0.6) is 0 Å². The van der Waals surface area contributed by atoms with E-state index in [4.69, 9.17) is 16.4 Å². The summed E-state index contributed by atoms with van der Waals surface area (Å²) in [6, 6.07) is 10.2. The number of hydrogen-bond acceptors (Lipinski definition) is 4. The summed E-state index contributed by atoms with van der Waals surface area (Å²) in [5.74, 6) is -0.479. The number of halogens is 2. The molecule has 108 valence electrons. The first-order valence-corrected chi connectivity index (χ1v) is 6.28. The summed E-state index contributed by atoms with van der Waals surface area (Å²) in [6.07, 6.45) is 1.31. The predicted octanol–water partition coefficient (Wildman–Crippen LogP) is 3.94. The Hall–Kier alpha value is -2.47. The Kier molecular flexibility index (Phi) is 4.84. The van der Waals surface area contributed by atoms with E-state index in [-0.39, 0.29) is 22.9 Å². The summed E-state index contributed by atoms with van der Waals surface area (Å²) < 4.78 is 13.5. The molecule has 0 bridgehead atoms. The monoisotopic (exact) mass is 308 g/mol. The maximum atomic E-state index is 13.5. The molecular formula is C14H10ClFN2O3. The van der Waals surface area contributed by atoms with Gasteiger partial charge in [0, 0.05) is 23.3 Å². The maximum Gasteiger partial charge on any atom is 0.270 e. The van der Waals surface area contributed by atoms with Gasteiger partial charge in [-0.15, -0.1) is 0 Å². The van der Waals surface area contributed by atoms with Gasteiger partial charge in [-0.25, -0.2) is 4.39 Å². The second-order valence-electron chi connectivity index (χ2n) is 4.06. The molecule has 0 fully saturated rings. The van der Waals surface area contributed by atoms with Crippen molar-refractivity contribution in [1.29, 1.82) is 0 Å². The molecule has 0 spiro atoms. The van der Waals surface area contributed by atoms with Crippen molar-refractivity contribution in [2.24, 2.45) is 5.16 Å². The second-order valence-corrected chi connectivity index (χ2v) is 4.47. The van der Waals surface area contributed by atoms with Gasteiger partial charge in [0.25, 0.3) is 5.69 Å². The summed E-state index contributed by atoms with van der Waals surface area (Å²) in [5.41, 5.74) is 0.662. The van der Waals surface area contributed by atoms with Crippen LogP contribution in [0.3, 0.4) is 0 Å². The van der Waals surface area contributed by atoms with Crippen LogP contribution in [0, 0.1) is 15.9 Å². The largest absolute Gasteiger partial charge is 0.391 e. The molecular weight excluding hydrogens is 299 g/mol. The molecule has 0 saturated carbocycles. The van der Waals surface area contributed by atoms with Gasteiger partial charge in [0.05, 0.1) is 16.2 Å². The summed E-state index contributed by atoms with van der Waals surface area (Å²) in [4.78, 5) is 15.1. The Bertz CT molecular complexity index is 671. The third-order valence-electron chi connectivity index (χ3n) is 2.63. The molecule has 0 atom stereocenters. The molecule has 2 aromatic rings. The van der Waals surface area contributed by atoms with Crippen LogP contribution in [0.2, 0.25) is 5.02 Å². The van der Waals surface area contributed by atoms with Gasteiger partial charge < -0.3 is 4.84 Å². The Morgan fingerprint density at radius 2 is 2.10 bits per heavy atom. The van der Waals surface area contributed by atoms with Gasteiger partial charge >= 0.3 is 0 Å². The van der Waals surface area contributed by atoms with E-state index in [9.17, 15) is 14.5 Å². The highest BCUT2D eigenvalue weighted by molar-refractivity contribution is 6.31. The van der Waals surface area contributed by atoms with E-state index in [2.05, 4.69) is 5.16 Å². The van der Waals surface area contributed by atoms with E-state index in [1.165, 1.54) is 36.5 Å². The van der Waals surface area contributed by atoms with Crippen molar-refractivity contribution in [2.45, 2.75) is 6.61 Å². The van der Waals surface area contributed by atoms with E-state index in [1.54, 1.807) is 12.1 Å². The molecule has 0 aliphatic carbocycles. The van der Waals surface area contributed by atoms with Gasteiger partial charge in [-0.2, -0.15) is 0 Å². The third kappa shape index (κ3) is 4.00. The number of rotatable bonds is 5. The lowest BCUT2D eigenvalue weighted by Gasteiger charge is -2.03. The molecule has 2 rings (SSSR count). The third-order valence-corrected chi connectivity index (χ3v) is 2.98. The van der Waals surface area contributed by atoms with Gasteiger partial charge in [0.15, 0.2) is 0 Å². The minimum absolute atomic E-state index is 0.0453. The summed E-state index contributed by atoms with van der Waals surface area (Å²) >= 11 is 5.83. The number of non-ortho nitro benzene ring substituents is 1. The molecule has 21 heavy (non-hydrogen) atoms. The summed E-state index contributed by atoms with van der Waals surface area (Å²) in [7, 11) is 0. The van der Waals surface area contributed by atoms with Crippen LogP contribution in [0.4, 0.5) is 10.1 Å². The number of benzene rings is 2. The average molecular weight is 309 g/mol. The number of oxime groups is 1. The highest BCUT2D eigenvalue weighted by Crippen LogP contribution is 2.19. The number of hydrogen-bond donors (Lipinski definition) is 0. The maximum absolute atomic E-state index is 13.5. The highest BCUT2D eigenvalue weighted by Gasteiger charge is 2.07. The SMILES string of the molecule is O=[N+]([O-])c1cccc(/C=N/OCc2c(F)cccc2Cl)c1. The minimum Gasteiger partial charge on any atom is -0.391 e. The second kappa shape index (κ2) is 6.81. The first-order valence-electron chi connectivity index (χ1n) is 5.90. The zero-order valence-electron chi connectivity index (χ0n) is 10.7. The zero-order chi connectivity index (χ0) is 15.2. The fourth-order valence-electron chi connectivity index (χ4n) is 1.59. The summed E-state index contributed by atoms with van der Waals surface area (Å²) in [6.45, 7) is -0.128. The average Bonchev–Trinajstić information content (AvgIpc) is 2.46. The van der Waals surface area contributed by atoms with E-state index >= 15 is 0 Å². The molecule has 5 nitrogen and oxygen atoms in total. The topological polar surface area (TPSA) is 64.7 Å². The molecule has 7 heteroatoms. The zero-order valence-corrected chi connectivity index (χ0v) is 11.5. The van der Waals surface area contributed by atoms with Crippen molar-refractivity contribution in [3.8, 4) is 0 Å². The van der Waals surface area contributed by atoms with Gasteiger partial charge in [0.1, 0.15) is 12.4 Å². The van der Waals surface area contributed by atoms with Crippen molar-refractivity contribution in [3.63, 3.8) is 0 Å². The lowest BCUT2D eigenvalue weighted by Crippen LogP contribution is -1.94. The normalized spacial score (nSPS) is 10.8. The van der Waals surface area contributed by atoms with Gasteiger partial charge in [-0.1, -0.05) is 35.0 Å². The smallest absolute Gasteiger partial charge is 0.270 e. The van der Waals surface area contributed by atoms with Crippen molar-refractivity contribution in [2.75, 3.05) is 0 Å². The van der Waals surface area contributed by atoms with E-state index in [0.717, 1.165) is 0 Å². The van der Waals surface area contributed by atoms with Crippen LogP contribution in [0.15, 0.2) is 47.6 Å². The molecule has 0 aliphatic rings. The number of nitro groups is 1. The molecule has 0 aromatic heterocycles. The standard InChI is InChI=1S/C14H10ClFN2O3/c15-13-5-2-6-14(16)12(13)9-21-17-8-10-3-1-4-11(7-10)18(19)20/h1-8H,9H2/b17-8+. The molecule has 0 heterocycles. The quantitative estimate of drug-likeness (QED) is 0.477. The van der Waals surface area contributed by atoms with Crippen molar-refractivity contribution in [1.82, 2.24) is 0 Å². The van der Waals surface area contributed by atoms with Crippen LogP contribution in [-0.2, 0) is 11.4 Å². The first-order chi connectivity index (χ1) is 10.1. The van der Waals surface area contributed by atoms with Crippen LogP contribution in [0.25, 0.3) is 0 Å². The van der Waals surface area contributed by atoms with Crippen LogP contribution < -0.4 is 0 Å². The molecule has 0 aliphatic heterocycles. The first kappa shape index (κ1) is 14.9. The number of nitrogens with zero attached hydrogens (tertiary/aromatic N) is 2. The Morgan fingerprint density at radius 1 is 1.33 bits per heavy atom. The fourth-order valence-corrected chi connectivity index (χ4v) is 1.81.